The van der Waals surface area contributed by atoms with Crippen LogP contribution in [0.25, 0.3) is 33.1 Å². The maximum atomic E-state index is 7.00. The second-order valence-corrected chi connectivity index (χ2v) is 18.7. The maximum absolute atomic E-state index is 7.00. The largest absolute Gasteiger partial charge is 0.455 e. The van der Waals surface area contributed by atoms with Gasteiger partial charge in [-0.15, -0.1) is 0 Å². The van der Waals surface area contributed by atoms with Crippen molar-refractivity contribution in [1.82, 2.24) is 0 Å². The summed E-state index contributed by atoms with van der Waals surface area (Å²) in [7, 11) is 0. The molecular formula is C48H58O. The van der Waals surface area contributed by atoms with Crippen LogP contribution in [-0.4, -0.2) is 0 Å². The number of hydrogen-bond acceptors (Lipinski definition) is 1. The second-order valence-electron chi connectivity index (χ2n) is 18.7. The van der Waals surface area contributed by atoms with Gasteiger partial charge in [-0.05, 0) is 159 Å². The summed E-state index contributed by atoms with van der Waals surface area (Å²) < 4.78 is 7.00. The highest BCUT2D eigenvalue weighted by Gasteiger charge is 2.60. The Hall–Kier alpha value is -2.54. The van der Waals surface area contributed by atoms with Crippen molar-refractivity contribution in [2.45, 2.75) is 115 Å². The Bertz CT molecular complexity index is 1810. The Balaban J connectivity index is 0.933. The molecule has 1 nitrogen and oxygen atoms in total. The van der Waals surface area contributed by atoms with E-state index in [1.807, 2.05) is 0 Å². The van der Waals surface area contributed by atoms with Crippen molar-refractivity contribution < 1.29 is 4.42 Å². The second kappa shape index (κ2) is 12.0. The Kier molecular flexibility index (Phi) is 7.39. The first kappa shape index (κ1) is 30.1. The molecule has 13 unspecified atom stereocenters. The SMILES string of the molecule is c1ccc(-c2cccc3c2oc2c(C4CCC5C(C4)C4CCCCC4C4CC6C7CCCCC7C7CCCCC7C6CC54)cccc23)cc1. The molecule has 7 fully saturated rings. The molecule has 1 aromatic heterocycles. The Morgan fingerprint density at radius 2 is 0.837 bits per heavy atom. The van der Waals surface area contributed by atoms with Crippen LogP contribution in [0.4, 0.5) is 0 Å². The lowest BCUT2D eigenvalue weighted by molar-refractivity contribution is -0.155. The first-order valence-corrected chi connectivity index (χ1v) is 21.3. The van der Waals surface area contributed by atoms with E-state index < -0.39 is 0 Å². The molecule has 13 atom stereocenters. The van der Waals surface area contributed by atoms with Gasteiger partial charge >= 0.3 is 0 Å². The lowest BCUT2D eigenvalue weighted by Gasteiger charge is -2.65. The van der Waals surface area contributed by atoms with Crippen LogP contribution in [0.2, 0.25) is 0 Å². The van der Waals surface area contributed by atoms with Gasteiger partial charge in [0.25, 0.3) is 0 Å². The standard InChI is InChI=1S/C48H58O/c1-2-12-29(13-3-1)31-20-10-22-40-41-23-11-21-32(48(41)49-47(31)40)30-24-25-39-42(26-30)37-18-8-9-19-38(37)45-27-43-35-16-6-4-14-33(35)34-15-5-7-17-36(34)44(43)28-46(39)45/h1-3,10-13,20-23,30,33-39,42-46H,4-9,14-19,24-28H2. The van der Waals surface area contributed by atoms with Crippen LogP contribution in [-0.2, 0) is 0 Å². The fraction of sp³-hybridized carbons (Fsp3) is 0.625. The van der Waals surface area contributed by atoms with Gasteiger partial charge in [-0.1, -0.05) is 105 Å². The lowest BCUT2D eigenvalue weighted by Crippen LogP contribution is -2.57. The first-order chi connectivity index (χ1) is 24.3. The van der Waals surface area contributed by atoms with Crippen molar-refractivity contribution >= 4 is 21.9 Å². The molecule has 1 heterocycles. The average Bonchev–Trinajstić information content (AvgIpc) is 3.57. The molecule has 0 N–H and O–H groups in total. The van der Waals surface area contributed by atoms with E-state index in [1.165, 1.54) is 84.4 Å². The highest BCUT2D eigenvalue weighted by molar-refractivity contribution is 6.10. The van der Waals surface area contributed by atoms with E-state index in [9.17, 15) is 0 Å². The highest BCUT2D eigenvalue weighted by Crippen LogP contribution is 2.67. The molecule has 1 heteroatoms. The number of para-hydroxylation sites is 2. The zero-order valence-corrected chi connectivity index (χ0v) is 29.8. The summed E-state index contributed by atoms with van der Waals surface area (Å²) in [5.41, 5.74) is 6.26. The zero-order chi connectivity index (χ0) is 32.1. The predicted octanol–water partition coefficient (Wildman–Crippen LogP) is 13.5. The molecule has 4 aromatic rings. The Morgan fingerprint density at radius 1 is 0.367 bits per heavy atom. The Labute approximate surface area is 295 Å². The predicted molar refractivity (Wildman–Crippen MR) is 202 cm³/mol. The fourth-order valence-corrected chi connectivity index (χ4v) is 15.6. The molecule has 7 aliphatic carbocycles. The quantitative estimate of drug-likeness (QED) is 0.210. The van der Waals surface area contributed by atoms with Gasteiger partial charge in [0.05, 0.1) is 0 Å². The van der Waals surface area contributed by atoms with Crippen LogP contribution in [0.15, 0.2) is 71.1 Å². The van der Waals surface area contributed by atoms with Crippen molar-refractivity contribution in [3.05, 3.63) is 72.3 Å². The summed E-state index contributed by atoms with van der Waals surface area (Å²) in [4.78, 5) is 0. The maximum Gasteiger partial charge on any atom is 0.143 e. The minimum absolute atomic E-state index is 0.640. The highest BCUT2D eigenvalue weighted by atomic mass is 16.3. The fourth-order valence-electron chi connectivity index (χ4n) is 15.6. The third-order valence-corrected chi connectivity index (χ3v) is 17.1. The molecule has 0 spiro atoms. The van der Waals surface area contributed by atoms with E-state index in [-0.39, 0.29) is 0 Å². The summed E-state index contributed by atoms with van der Waals surface area (Å²) in [5, 5.41) is 2.61. The molecule has 7 aliphatic rings. The minimum Gasteiger partial charge on any atom is -0.455 e. The van der Waals surface area contributed by atoms with Crippen LogP contribution in [0.5, 0.6) is 0 Å². The number of benzene rings is 3. The Morgan fingerprint density at radius 3 is 1.41 bits per heavy atom. The topological polar surface area (TPSA) is 13.1 Å². The number of rotatable bonds is 2. The monoisotopic (exact) mass is 650 g/mol. The molecule has 0 amide bonds. The van der Waals surface area contributed by atoms with Gasteiger partial charge in [-0.3, -0.25) is 0 Å². The van der Waals surface area contributed by atoms with Crippen LogP contribution < -0.4 is 0 Å². The normalized spacial score (nSPS) is 41.5. The van der Waals surface area contributed by atoms with Crippen molar-refractivity contribution in [1.29, 1.82) is 0 Å². The molecule has 0 saturated heterocycles. The van der Waals surface area contributed by atoms with Crippen LogP contribution in [0, 0.1) is 71.0 Å². The van der Waals surface area contributed by atoms with E-state index in [1.54, 1.807) is 57.8 Å². The van der Waals surface area contributed by atoms with Gasteiger partial charge in [0.15, 0.2) is 0 Å². The van der Waals surface area contributed by atoms with E-state index in [2.05, 4.69) is 66.7 Å². The molecule has 0 aliphatic heterocycles. The number of hydrogen-bond donors (Lipinski definition) is 0. The van der Waals surface area contributed by atoms with Gasteiger partial charge in [-0.2, -0.15) is 0 Å². The van der Waals surface area contributed by atoms with Gasteiger partial charge in [0.1, 0.15) is 11.2 Å². The molecule has 256 valence electrons. The summed E-state index contributed by atoms with van der Waals surface area (Å²) in [6.45, 7) is 0. The molecule has 7 saturated carbocycles. The lowest BCUT2D eigenvalue weighted by atomic mass is 9.40. The molecule has 0 radical (unpaired) electrons. The van der Waals surface area contributed by atoms with Gasteiger partial charge < -0.3 is 4.42 Å². The van der Waals surface area contributed by atoms with Crippen molar-refractivity contribution in [3.63, 3.8) is 0 Å². The van der Waals surface area contributed by atoms with Gasteiger partial charge in [0, 0.05) is 16.3 Å². The number of furan rings is 1. The van der Waals surface area contributed by atoms with Crippen LogP contribution >= 0.6 is 0 Å². The average molecular weight is 651 g/mol. The molecule has 49 heavy (non-hydrogen) atoms. The zero-order valence-electron chi connectivity index (χ0n) is 29.8. The summed E-state index contributed by atoms with van der Waals surface area (Å²) in [6.07, 6.45) is 26.1. The first-order valence-electron chi connectivity index (χ1n) is 21.3. The van der Waals surface area contributed by atoms with E-state index >= 15 is 0 Å². The van der Waals surface area contributed by atoms with Crippen molar-refractivity contribution in [2.75, 3.05) is 0 Å². The van der Waals surface area contributed by atoms with Gasteiger partial charge in [0.2, 0.25) is 0 Å². The van der Waals surface area contributed by atoms with Crippen LogP contribution in [0.1, 0.15) is 121 Å². The van der Waals surface area contributed by atoms with Crippen molar-refractivity contribution in [3.8, 4) is 11.1 Å². The summed E-state index contributed by atoms with van der Waals surface area (Å²) >= 11 is 0. The summed E-state index contributed by atoms with van der Waals surface area (Å²) in [5.74, 6) is 13.2. The summed E-state index contributed by atoms with van der Waals surface area (Å²) in [6, 6.07) is 24.7. The smallest absolute Gasteiger partial charge is 0.143 e. The number of fused-ring (bicyclic) bond motifs is 15. The van der Waals surface area contributed by atoms with E-state index in [0.717, 1.165) is 76.6 Å². The van der Waals surface area contributed by atoms with Crippen molar-refractivity contribution in [2.24, 2.45) is 71.0 Å². The molecule has 3 aromatic carbocycles. The molecule has 0 bridgehead atoms. The van der Waals surface area contributed by atoms with E-state index in [4.69, 9.17) is 4.42 Å². The van der Waals surface area contributed by atoms with Crippen LogP contribution in [0.3, 0.4) is 0 Å². The molecular weight excluding hydrogens is 593 g/mol. The van der Waals surface area contributed by atoms with Gasteiger partial charge in [-0.25, -0.2) is 0 Å². The van der Waals surface area contributed by atoms with E-state index in [0.29, 0.717) is 5.92 Å². The third-order valence-electron chi connectivity index (χ3n) is 17.1. The minimum atomic E-state index is 0.640. The third kappa shape index (κ3) is 4.68. The molecule has 11 rings (SSSR count).